The summed E-state index contributed by atoms with van der Waals surface area (Å²) in [4.78, 5) is 15.5. The zero-order chi connectivity index (χ0) is 18.1. The van der Waals surface area contributed by atoms with Gasteiger partial charge in [-0.15, -0.1) is 0 Å². The van der Waals surface area contributed by atoms with E-state index in [0.717, 1.165) is 29.7 Å². The molecule has 6 nitrogen and oxygen atoms in total. The fourth-order valence-corrected chi connectivity index (χ4v) is 4.51. The van der Waals surface area contributed by atoms with Gasteiger partial charge in [-0.3, -0.25) is 4.79 Å². The van der Waals surface area contributed by atoms with Crippen LogP contribution in [0.5, 0.6) is 11.5 Å². The van der Waals surface area contributed by atoms with Gasteiger partial charge in [0.15, 0.2) is 0 Å². The molecular formula is C20H15N3O3. The first-order valence-electron chi connectivity index (χ1n) is 8.45. The van der Waals surface area contributed by atoms with E-state index >= 15 is 0 Å². The second-order valence-corrected chi connectivity index (χ2v) is 6.76. The molecule has 1 atom stereocenters. The number of aromatic hydroxyl groups is 1. The molecule has 0 saturated carbocycles. The Morgan fingerprint density at radius 1 is 1.27 bits per heavy atom. The molecule has 3 aliphatic heterocycles. The van der Waals surface area contributed by atoms with Gasteiger partial charge in [0.1, 0.15) is 28.6 Å². The number of hydrogen-bond acceptors (Lipinski definition) is 5. The maximum absolute atomic E-state index is 13.7. The number of nitrogens with two attached hydrogens (primary N) is 1. The van der Waals surface area contributed by atoms with Crippen molar-refractivity contribution >= 4 is 11.6 Å². The molecule has 0 aliphatic carbocycles. The number of amides is 1. The molecule has 0 radical (unpaired) electrons. The van der Waals surface area contributed by atoms with Gasteiger partial charge in [-0.1, -0.05) is 18.2 Å². The van der Waals surface area contributed by atoms with Crippen LogP contribution in [0.2, 0.25) is 0 Å². The number of phenolic OH excluding ortho intramolecular Hbond substituents is 1. The molecule has 5 rings (SSSR count). The van der Waals surface area contributed by atoms with Crippen LogP contribution in [0.25, 0.3) is 0 Å². The van der Waals surface area contributed by atoms with Gasteiger partial charge in [0.25, 0.3) is 0 Å². The van der Waals surface area contributed by atoms with Crippen LogP contribution < -0.4 is 15.4 Å². The van der Waals surface area contributed by atoms with Crippen LogP contribution in [-0.4, -0.2) is 17.6 Å². The van der Waals surface area contributed by atoms with Gasteiger partial charge in [-0.25, -0.2) is 0 Å². The van der Waals surface area contributed by atoms with Gasteiger partial charge in [0.2, 0.25) is 11.8 Å². The lowest BCUT2D eigenvalue weighted by atomic mass is 9.68. The summed E-state index contributed by atoms with van der Waals surface area (Å²) in [5.74, 6) is 0.0193. The molecule has 128 valence electrons. The van der Waals surface area contributed by atoms with E-state index in [1.807, 2.05) is 18.2 Å². The summed E-state index contributed by atoms with van der Waals surface area (Å²) < 4.78 is 5.59. The first-order chi connectivity index (χ1) is 12.6. The number of para-hydroxylation sites is 1. The summed E-state index contributed by atoms with van der Waals surface area (Å²) in [6.07, 6.45) is 1.77. The number of phenols is 1. The number of hydrogen-bond donors (Lipinski definition) is 2. The molecule has 0 fully saturated rings. The average molecular weight is 345 g/mol. The van der Waals surface area contributed by atoms with Gasteiger partial charge in [0.05, 0.1) is 5.69 Å². The topological polar surface area (TPSA) is 99.6 Å². The second-order valence-electron chi connectivity index (χ2n) is 6.76. The van der Waals surface area contributed by atoms with Crippen molar-refractivity contribution in [1.82, 2.24) is 0 Å². The number of aryl methyl sites for hydroxylation is 1. The van der Waals surface area contributed by atoms with Crippen LogP contribution >= 0.6 is 0 Å². The summed E-state index contributed by atoms with van der Waals surface area (Å²) in [5, 5.41) is 19.7. The molecule has 26 heavy (non-hydrogen) atoms. The van der Waals surface area contributed by atoms with E-state index in [1.54, 1.807) is 11.0 Å². The average Bonchev–Trinajstić information content (AvgIpc) is 2.88. The third-order valence-corrected chi connectivity index (χ3v) is 5.51. The number of ether oxygens (including phenoxy) is 1. The number of anilines is 1. The van der Waals surface area contributed by atoms with Gasteiger partial charge < -0.3 is 20.5 Å². The van der Waals surface area contributed by atoms with Crippen LogP contribution in [0.15, 0.2) is 47.9 Å². The first kappa shape index (κ1) is 14.8. The predicted octanol–water partition coefficient (Wildman–Crippen LogP) is 2.06. The smallest absolute Gasteiger partial charge is 0.247 e. The minimum atomic E-state index is -1.32. The highest BCUT2D eigenvalue weighted by molar-refractivity contribution is 6.15. The molecule has 3 heterocycles. The van der Waals surface area contributed by atoms with Crippen molar-refractivity contribution < 1.29 is 14.6 Å². The van der Waals surface area contributed by atoms with Crippen molar-refractivity contribution in [3.8, 4) is 17.6 Å². The lowest BCUT2D eigenvalue weighted by Crippen LogP contribution is -2.46. The molecule has 0 saturated heterocycles. The third kappa shape index (κ3) is 1.53. The molecular weight excluding hydrogens is 330 g/mol. The van der Waals surface area contributed by atoms with E-state index < -0.39 is 5.41 Å². The third-order valence-electron chi connectivity index (χ3n) is 5.51. The largest absolute Gasteiger partial charge is 0.508 e. The number of nitrogens with zero attached hydrogens (tertiary/aromatic N) is 2. The fourth-order valence-electron chi connectivity index (χ4n) is 4.51. The van der Waals surface area contributed by atoms with E-state index in [0.29, 0.717) is 17.9 Å². The Labute approximate surface area is 149 Å². The Morgan fingerprint density at radius 2 is 2.12 bits per heavy atom. The SMILES string of the molecule is N#CC1=C(N)Oc2cc(O)ccc2C12C(=O)N1CCCc3cccc2c31. The Morgan fingerprint density at radius 3 is 2.92 bits per heavy atom. The van der Waals surface area contributed by atoms with Gasteiger partial charge >= 0.3 is 0 Å². The highest BCUT2D eigenvalue weighted by Crippen LogP contribution is 2.57. The first-order valence-corrected chi connectivity index (χ1v) is 8.45. The molecule has 1 amide bonds. The van der Waals surface area contributed by atoms with E-state index in [2.05, 4.69) is 6.07 Å². The lowest BCUT2D eigenvalue weighted by molar-refractivity contribution is -0.121. The number of carbonyl (C=O) groups excluding carboxylic acids is 1. The summed E-state index contributed by atoms with van der Waals surface area (Å²) in [6.45, 7) is 0.609. The Hall–Kier alpha value is -3.46. The van der Waals surface area contributed by atoms with Crippen LogP contribution in [0.4, 0.5) is 5.69 Å². The monoisotopic (exact) mass is 345 g/mol. The number of rotatable bonds is 0. The van der Waals surface area contributed by atoms with Gasteiger partial charge in [0, 0.05) is 23.7 Å². The molecule has 0 aromatic heterocycles. The van der Waals surface area contributed by atoms with Crippen molar-refractivity contribution in [3.05, 3.63) is 64.5 Å². The summed E-state index contributed by atoms with van der Waals surface area (Å²) >= 11 is 0. The maximum atomic E-state index is 13.7. The van der Waals surface area contributed by atoms with E-state index in [1.165, 1.54) is 12.1 Å². The summed E-state index contributed by atoms with van der Waals surface area (Å²) in [6, 6.07) is 12.5. The van der Waals surface area contributed by atoms with Crippen LogP contribution in [0.1, 0.15) is 23.1 Å². The van der Waals surface area contributed by atoms with Gasteiger partial charge in [-0.05, 0) is 30.5 Å². The number of nitriles is 1. The molecule has 3 N–H and O–H groups in total. The standard InChI is InChI=1S/C20H15N3O3/c21-10-15-18(22)26-16-9-12(24)6-7-13(16)20(15)14-5-1-3-11-4-2-8-23(17(11)14)19(20)25/h1,3,5-7,9,24H,2,4,8,22H2. The van der Waals surface area contributed by atoms with Crippen LogP contribution in [0, 0.1) is 11.3 Å². The highest BCUT2D eigenvalue weighted by Gasteiger charge is 2.59. The van der Waals surface area contributed by atoms with Crippen molar-refractivity contribution in [2.45, 2.75) is 18.3 Å². The maximum Gasteiger partial charge on any atom is 0.247 e. The summed E-state index contributed by atoms with van der Waals surface area (Å²) in [5.41, 5.74) is 8.10. The molecule has 1 unspecified atom stereocenters. The Kier molecular flexibility index (Phi) is 2.74. The number of fused-ring (bicyclic) bond motifs is 3. The molecule has 2 aromatic carbocycles. The Balaban J connectivity index is 1.94. The fraction of sp³-hybridized carbons (Fsp3) is 0.200. The van der Waals surface area contributed by atoms with Crippen molar-refractivity contribution in [2.75, 3.05) is 11.4 Å². The van der Waals surface area contributed by atoms with E-state index in [4.69, 9.17) is 10.5 Å². The normalized spacial score (nSPS) is 22.7. The van der Waals surface area contributed by atoms with E-state index in [9.17, 15) is 15.2 Å². The van der Waals surface area contributed by atoms with Crippen molar-refractivity contribution in [2.24, 2.45) is 5.73 Å². The predicted molar refractivity (Wildman–Crippen MR) is 93.5 cm³/mol. The molecule has 1 spiro atoms. The van der Waals surface area contributed by atoms with Crippen molar-refractivity contribution in [1.29, 1.82) is 5.26 Å². The van der Waals surface area contributed by atoms with Gasteiger partial charge in [-0.2, -0.15) is 5.26 Å². The number of carbonyl (C=O) groups is 1. The molecule has 2 aromatic rings. The second kappa shape index (κ2) is 4.79. The minimum absolute atomic E-state index is 0.00713. The molecule has 3 aliphatic rings. The zero-order valence-electron chi connectivity index (χ0n) is 13.8. The quantitative estimate of drug-likeness (QED) is 0.761. The Bertz CT molecular complexity index is 1070. The highest BCUT2D eigenvalue weighted by atomic mass is 16.5. The van der Waals surface area contributed by atoms with E-state index in [-0.39, 0.29) is 23.1 Å². The zero-order valence-corrected chi connectivity index (χ0v) is 13.8. The molecule has 0 bridgehead atoms. The summed E-state index contributed by atoms with van der Waals surface area (Å²) in [7, 11) is 0. The lowest BCUT2D eigenvalue weighted by Gasteiger charge is -2.34. The van der Waals surface area contributed by atoms with Crippen molar-refractivity contribution in [3.63, 3.8) is 0 Å². The van der Waals surface area contributed by atoms with Crippen LogP contribution in [-0.2, 0) is 16.6 Å². The number of benzene rings is 2. The minimum Gasteiger partial charge on any atom is -0.508 e. The molecule has 6 heteroatoms. The van der Waals surface area contributed by atoms with Crippen LogP contribution in [0.3, 0.4) is 0 Å².